The van der Waals surface area contributed by atoms with Crippen molar-refractivity contribution in [3.63, 3.8) is 0 Å². The maximum absolute atomic E-state index is 12.0. The second kappa shape index (κ2) is 7.01. The summed E-state index contributed by atoms with van der Waals surface area (Å²) in [5, 5.41) is 0. The van der Waals surface area contributed by atoms with Crippen molar-refractivity contribution in [1.82, 2.24) is 0 Å². The summed E-state index contributed by atoms with van der Waals surface area (Å²) in [4.78, 5) is 13.0. The zero-order valence-electron chi connectivity index (χ0n) is 11.4. The van der Waals surface area contributed by atoms with Gasteiger partial charge in [0.25, 0.3) is 0 Å². The number of esters is 1. The van der Waals surface area contributed by atoms with E-state index >= 15 is 0 Å². The van der Waals surface area contributed by atoms with Crippen molar-refractivity contribution in [2.24, 2.45) is 0 Å². The van der Waals surface area contributed by atoms with Crippen molar-refractivity contribution < 1.29 is 14.3 Å². The first kappa shape index (κ1) is 14.5. The zero-order chi connectivity index (χ0) is 14.4. The van der Waals surface area contributed by atoms with E-state index in [0.717, 1.165) is 4.90 Å². The minimum Gasteiger partial charge on any atom is -0.497 e. The van der Waals surface area contributed by atoms with Gasteiger partial charge >= 0.3 is 5.97 Å². The summed E-state index contributed by atoms with van der Waals surface area (Å²) >= 11 is 1.51. The lowest BCUT2D eigenvalue weighted by Crippen LogP contribution is -2.11. The lowest BCUT2D eigenvalue weighted by Gasteiger charge is -2.13. The molecule has 2 aromatic rings. The van der Waals surface area contributed by atoms with Crippen LogP contribution in [0.1, 0.15) is 17.3 Å². The molecular formula is C16H16O3S. The van der Waals surface area contributed by atoms with Crippen LogP contribution in [0.2, 0.25) is 0 Å². The van der Waals surface area contributed by atoms with Crippen LogP contribution in [-0.4, -0.2) is 18.5 Å². The summed E-state index contributed by atoms with van der Waals surface area (Å²) in [6.45, 7) is 1.86. The predicted octanol–water partition coefficient (Wildman–Crippen LogP) is 3.99. The fourth-order valence-corrected chi connectivity index (χ4v) is 2.49. The fourth-order valence-electron chi connectivity index (χ4n) is 1.66. The normalized spacial score (nSPS) is 11.7. The molecule has 0 spiro atoms. The Morgan fingerprint density at radius 2 is 1.70 bits per heavy atom. The van der Waals surface area contributed by atoms with Crippen LogP contribution in [0.4, 0.5) is 0 Å². The van der Waals surface area contributed by atoms with Gasteiger partial charge in [-0.15, -0.1) is 0 Å². The Morgan fingerprint density at radius 3 is 2.30 bits per heavy atom. The molecule has 0 N–H and O–H groups in total. The van der Waals surface area contributed by atoms with E-state index in [9.17, 15) is 4.79 Å². The van der Waals surface area contributed by atoms with Crippen LogP contribution < -0.4 is 4.74 Å². The smallest absolute Gasteiger partial charge is 0.339 e. The van der Waals surface area contributed by atoms with Crippen molar-refractivity contribution in [2.45, 2.75) is 17.3 Å². The standard InChI is InChI=1S/C16H16O3S/c1-12(20-15-6-4-3-5-7-15)19-16(17)13-8-10-14(18-2)11-9-13/h3-12H,1-2H3. The molecule has 0 aliphatic rings. The SMILES string of the molecule is COc1ccc(C(=O)OC(C)Sc2ccccc2)cc1. The molecule has 0 radical (unpaired) electrons. The molecular weight excluding hydrogens is 272 g/mol. The number of thioether (sulfide) groups is 1. The molecule has 0 fully saturated rings. The number of carbonyl (C=O) groups is 1. The van der Waals surface area contributed by atoms with Crippen molar-refractivity contribution >= 4 is 17.7 Å². The van der Waals surface area contributed by atoms with E-state index in [-0.39, 0.29) is 11.4 Å². The Balaban J connectivity index is 1.93. The van der Waals surface area contributed by atoms with Gasteiger partial charge in [-0.2, -0.15) is 0 Å². The molecule has 1 unspecified atom stereocenters. The number of ether oxygens (including phenoxy) is 2. The largest absolute Gasteiger partial charge is 0.497 e. The van der Waals surface area contributed by atoms with Gasteiger partial charge in [0.1, 0.15) is 11.2 Å². The van der Waals surface area contributed by atoms with E-state index in [0.29, 0.717) is 11.3 Å². The molecule has 0 bridgehead atoms. The van der Waals surface area contributed by atoms with Gasteiger partial charge in [-0.1, -0.05) is 30.0 Å². The van der Waals surface area contributed by atoms with Gasteiger partial charge in [-0.3, -0.25) is 0 Å². The minimum absolute atomic E-state index is 0.244. The van der Waals surface area contributed by atoms with E-state index in [1.54, 1.807) is 31.4 Å². The Labute approximate surface area is 122 Å². The Morgan fingerprint density at radius 1 is 1.05 bits per heavy atom. The number of hydrogen-bond donors (Lipinski definition) is 0. The van der Waals surface area contributed by atoms with Gasteiger partial charge in [0.15, 0.2) is 0 Å². The number of benzene rings is 2. The van der Waals surface area contributed by atoms with Gasteiger partial charge in [-0.25, -0.2) is 4.79 Å². The topological polar surface area (TPSA) is 35.5 Å². The third-order valence-electron chi connectivity index (χ3n) is 2.64. The first-order chi connectivity index (χ1) is 9.69. The van der Waals surface area contributed by atoms with Crippen LogP contribution in [0.5, 0.6) is 5.75 Å². The average Bonchev–Trinajstić information content (AvgIpc) is 2.48. The first-order valence-electron chi connectivity index (χ1n) is 6.26. The average molecular weight is 288 g/mol. The molecule has 0 amide bonds. The van der Waals surface area contributed by atoms with Gasteiger partial charge < -0.3 is 9.47 Å². The molecule has 20 heavy (non-hydrogen) atoms. The van der Waals surface area contributed by atoms with Gasteiger partial charge in [-0.05, 0) is 43.3 Å². The molecule has 0 aliphatic heterocycles. The van der Waals surface area contributed by atoms with Crippen LogP contribution in [-0.2, 0) is 4.74 Å². The molecule has 1 atom stereocenters. The summed E-state index contributed by atoms with van der Waals surface area (Å²) < 4.78 is 10.4. The molecule has 2 aromatic carbocycles. The highest BCUT2D eigenvalue weighted by Crippen LogP contribution is 2.24. The molecule has 0 aromatic heterocycles. The zero-order valence-corrected chi connectivity index (χ0v) is 12.2. The Hall–Kier alpha value is -1.94. The molecule has 2 rings (SSSR count). The molecule has 4 heteroatoms. The van der Waals surface area contributed by atoms with Crippen molar-refractivity contribution in [1.29, 1.82) is 0 Å². The monoisotopic (exact) mass is 288 g/mol. The molecule has 0 heterocycles. The quantitative estimate of drug-likeness (QED) is 0.473. The summed E-state index contributed by atoms with van der Waals surface area (Å²) in [5.41, 5.74) is 0.276. The van der Waals surface area contributed by atoms with E-state index in [1.807, 2.05) is 37.3 Å². The van der Waals surface area contributed by atoms with Crippen molar-refractivity contribution in [2.75, 3.05) is 7.11 Å². The highest BCUT2D eigenvalue weighted by Gasteiger charge is 2.13. The lowest BCUT2D eigenvalue weighted by molar-refractivity contribution is 0.0482. The second-order valence-corrected chi connectivity index (χ2v) is 5.50. The number of rotatable bonds is 5. The van der Waals surface area contributed by atoms with E-state index in [4.69, 9.17) is 9.47 Å². The number of carbonyl (C=O) groups excluding carboxylic acids is 1. The molecule has 0 saturated heterocycles. The number of hydrogen-bond acceptors (Lipinski definition) is 4. The predicted molar refractivity (Wildman–Crippen MR) is 80.2 cm³/mol. The summed E-state index contributed by atoms with van der Waals surface area (Å²) in [6, 6.07) is 16.7. The lowest BCUT2D eigenvalue weighted by atomic mass is 10.2. The van der Waals surface area contributed by atoms with E-state index in [2.05, 4.69) is 0 Å². The maximum atomic E-state index is 12.0. The Kier molecular flexibility index (Phi) is 5.07. The van der Waals surface area contributed by atoms with Crippen molar-refractivity contribution in [3.05, 3.63) is 60.2 Å². The van der Waals surface area contributed by atoms with Crippen LogP contribution >= 0.6 is 11.8 Å². The minimum atomic E-state index is -0.330. The first-order valence-corrected chi connectivity index (χ1v) is 7.14. The van der Waals surface area contributed by atoms with Crippen LogP contribution in [0, 0.1) is 0 Å². The van der Waals surface area contributed by atoms with E-state index < -0.39 is 0 Å². The Bertz CT molecular complexity index is 552. The highest BCUT2D eigenvalue weighted by atomic mass is 32.2. The fraction of sp³-hybridized carbons (Fsp3) is 0.188. The summed E-state index contributed by atoms with van der Waals surface area (Å²) in [7, 11) is 1.59. The van der Waals surface area contributed by atoms with Gasteiger partial charge in [0, 0.05) is 4.90 Å². The molecule has 0 saturated carbocycles. The molecule has 0 aliphatic carbocycles. The highest BCUT2D eigenvalue weighted by molar-refractivity contribution is 7.99. The third kappa shape index (κ3) is 4.03. The molecule has 3 nitrogen and oxygen atoms in total. The van der Waals surface area contributed by atoms with Gasteiger partial charge in [0.2, 0.25) is 0 Å². The van der Waals surface area contributed by atoms with E-state index in [1.165, 1.54) is 11.8 Å². The maximum Gasteiger partial charge on any atom is 0.339 e. The third-order valence-corrected chi connectivity index (χ3v) is 3.62. The summed E-state index contributed by atoms with van der Waals surface area (Å²) in [6.07, 6.45) is 0. The number of methoxy groups -OCH3 is 1. The molecule has 104 valence electrons. The van der Waals surface area contributed by atoms with Crippen LogP contribution in [0.3, 0.4) is 0 Å². The van der Waals surface area contributed by atoms with Crippen LogP contribution in [0.15, 0.2) is 59.5 Å². The van der Waals surface area contributed by atoms with Crippen molar-refractivity contribution in [3.8, 4) is 5.75 Å². The van der Waals surface area contributed by atoms with Crippen LogP contribution in [0.25, 0.3) is 0 Å². The second-order valence-electron chi connectivity index (χ2n) is 4.13. The van der Waals surface area contributed by atoms with Gasteiger partial charge in [0.05, 0.1) is 12.7 Å². The summed E-state index contributed by atoms with van der Waals surface area (Å²) in [5.74, 6) is 0.386.